The van der Waals surface area contributed by atoms with Crippen LogP contribution in [0.3, 0.4) is 0 Å². The molecule has 4 nitrogen and oxygen atoms in total. The van der Waals surface area contributed by atoms with Crippen LogP contribution in [0.5, 0.6) is 0 Å². The molecule has 1 amide bonds. The van der Waals surface area contributed by atoms with E-state index < -0.39 is 0 Å². The van der Waals surface area contributed by atoms with Crippen molar-refractivity contribution < 1.29 is 9.53 Å². The van der Waals surface area contributed by atoms with Gasteiger partial charge in [0.1, 0.15) is 0 Å². The van der Waals surface area contributed by atoms with Crippen molar-refractivity contribution >= 4 is 5.91 Å². The SMILES string of the molecule is CCC1(C(=O)NCCCOC(C)C)CCNC1. The molecule has 0 aliphatic carbocycles. The van der Waals surface area contributed by atoms with Crippen LogP contribution in [0.15, 0.2) is 0 Å². The first-order valence-electron chi connectivity index (χ1n) is 6.71. The summed E-state index contributed by atoms with van der Waals surface area (Å²) in [5.74, 6) is 0.203. The van der Waals surface area contributed by atoms with Gasteiger partial charge in [-0.2, -0.15) is 0 Å². The summed E-state index contributed by atoms with van der Waals surface area (Å²) in [6.07, 6.45) is 3.02. The molecule has 17 heavy (non-hydrogen) atoms. The Labute approximate surface area is 104 Å². The highest BCUT2D eigenvalue weighted by Crippen LogP contribution is 2.29. The number of amides is 1. The fraction of sp³-hybridized carbons (Fsp3) is 0.923. The van der Waals surface area contributed by atoms with Gasteiger partial charge in [-0.25, -0.2) is 0 Å². The Hall–Kier alpha value is -0.610. The molecule has 0 aromatic heterocycles. The van der Waals surface area contributed by atoms with Gasteiger partial charge in [-0.15, -0.1) is 0 Å². The average Bonchev–Trinajstić information content (AvgIpc) is 2.77. The van der Waals surface area contributed by atoms with Crippen molar-refractivity contribution in [1.82, 2.24) is 10.6 Å². The van der Waals surface area contributed by atoms with Crippen LogP contribution < -0.4 is 10.6 Å². The van der Waals surface area contributed by atoms with Crippen LogP contribution in [-0.2, 0) is 9.53 Å². The Balaban J connectivity index is 2.20. The van der Waals surface area contributed by atoms with Crippen LogP contribution in [0.25, 0.3) is 0 Å². The summed E-state index contributed by atoms with van der Waals surface area (Å²) in [6.45, 7) is 9.34. The summed E-state index contributed by atoms with van der Waals surface area (Å²) >= 11 is 0. The summed E-state index contributed by atoms with van der Waals surface area (Å²) in [6, 6.07) is 0. The van der Waals surface area contributed by atoms with Gasteiger partial charge in [-0.3, -0.25) is 4.79 Å². The molecular formula is C13H26N2O2. The Kier molecular flexibility index (Phi) is 5.92. The standard InChI is InChI=1S/C13H26N2O2/c1-4-13(6-8-14-10-13)12(16)15-7-5-9-17-11(2)3/h11,14H,4-10H2,1-3H3,(H,15,16). The first-order valence-corrected chi connectivity index (χ1v) is 6.71. The predicted molar refractivity (Wildman–Crippen MR) is 68.9 cm³/mol. The molecule has 100 valence electrons. The highest BCUT2D eigenvalue weighted by Gasteiger charge is 2.38. The lowest BCUT2D eigenvalue weighted by Crippen LogP contribution is -2.42. The maximum absolute atomic E-state index is 12.1. The van der Waals surface area contributed by atoms with Crippen LogP contribution in [0.2, 0.25) is 0 Å². The van der Waals surface area contributed by atoms with Crippen molar-refractivity contribution in [1.29, 1.82) is 0 Å². The molecular weight excluding hydrogens is 216 g/mol. The zero-order valence-electron chi connectivity index (χ0n) is 11.3. The molecule has 0 aromatic rings. The monoisotopic (exact) mass is 242 g/mol. The topological polar surface area (TPSA) is 50.4 Å². The van der Waals surface area contributed by atoms with Gasteiger partial charge >= 0.3 is 0 Å². The third kappa shape index (κ3) is 4.28. The smallest absolute Gasteiger partial charge is 0.227 e. The Morgan fingerprint density at radius 1 is 1.53 bits per heavy atom. The summed E-state index contributed by atoms with van der Waals surface area (Å²) in [7, 11) is 0. The van der Waals surface area contributed by atoms with Crippen molar-refractivity contribution in [2.24, 2.45) is 5.41 Å². The lowest BCUT2D eigenvalue weighted by Gasteiger charge is -2.25. The molecule has 0 bridgehead atoms. The van der Waals surface area contributed by atoms with E-state index in [1.54, 1.807) is 0 Å². The van der Waals surface area contributed by atoms with E-state index in [4.69, 9.17) is 4.74 Å². The van der Waals surface area contributed by atoms with Gasteiger partial charge in [0.25, 0.3) is 0 Å². The largest absolute Gasteiger partial charge is 0.379 e. The van der Waals surface area contributed by atoms with E-state index in [9.17, 15) is 4.79 Å². The van der Waals surface area contributed by atoms with Gasteiger partial charge in [0, 0.05) is 19.7 Å². The fourth-order valence-electron chi connectivity index (χ4n) is 2.18. The molecule has 1 aliphatic rings. The molecule has 0 radical (unpaired) electrons. The molecule has 1 unspecified atom stereocenters. The third-order valence-electron chi connectivity index (χ3n) is 3.46. The van der Waals surface area contributed by atoms with E-state index >= 15 is 0 Å². The van der Waals surface area contributed by atoms with Crippen molar-refractivity contribution in [2.75, 3.05) is 26.2 Å². The van der Waals surface area contributed by atoms with E-state index in [1.807, 2.05) is 13.8 Å². The first kappa shape index (κ1) is 14.5. The van der Waals surface area contributed by atoms with Crippen molar-refractivity contribution in [3.05, 3.63) is 0 Å². The van der Waals surface area contributed by atoms with Crippen molar-refractivity contribution in [3.63, 3.8) is 0 Å². The number of ether oxygens (including phenoxy) is 1. The van der Waals surface area contributed by atoms with E-state index in [0.29, 0.717) is 6.54 Å². The molecule has 1 fully saturated rings. The van der Waals surface area contributed by atoms with Gasteiger partial charge in [-0.1, -0.05) is 6.92 Å². The van der Waals surface area contributed by atoms with E-state index in [0.717, 1.165) is 39.0 Å². The third-order valence-corrected chi connectivity index (χ3v) is 3.46. The highest BCUT2D eigenvalue weighted by atomic mass is 16.5. The van der Waals surface area contributed by atoms with Gasteiger partial charge in [-0.05, 0) is 39.7 Å². The quantitative estimate of drug-likeness (QED) is 0.662. The zero-order chi connectivity index (χ0) is 12.7. The summed E-state index contributed by atoms with van der Waals surface area (Å²) in [5.41, 5.74) is -0.168. The van der Waals surface area contributed by atoms with Gasteiger partial charge in [0.05, 0.1) is 11.5 Å². The normalized spacial score (nSPS) is 24.2. The minimum absolute atomic E-state index is 0.168. The molecule has 0 saturated carbocycles. The number of rotatable bonds is 7. The molecule has 1 aliphatic heterocycles. The maximum atomic E-state index is 12.1. The number of hydrogen-bond donors (Lipinski definition) is 2. The van der Waals surface area contributed by atoms with Crippen LogP contribution in [0, 0.1) is 5.41 Å². The molecule has 4 heteroatoms. The number of nitrogens with one attached hydrogen (secondary N) is 2. The van der Waals surface area contributed by atoms with E-state index in [2.05, 4.69) is 17.6 Å². The average molecular weight is 242 g/mol. The minimum Gasteiger partial charge on any atom is -0.379 e. The molecule has 1 rings (SSSR count). The number of carbonyl (C=O) groups is 1. The lowest BCUT2D eigenvalue weighted by atomic mass is 9.83. The second kappa shape index (κ2) is 6.97. The molecule has 1 saturated heterocycles. The summed E-state index contributed by atoms with van der Waals surface area (Å²) in [5, 5.41) is 6.31. The van der Waals surface area contributed by atoms with Gasteiger partial charge < -0.3 is 15.4 Å². The van der Waals surface area contributed by atoms with Crippen molar-refractivity contribution in [2.45, 2.75) is 46.1 Å². The fourth-order valence-corrected chi connectivity index (χ4v) is 2.18. The second-order valence-corrected chi connectivity index (χ2v) is 5.09. The van der Waals surface area contributed by atoms with Gasteiger partial charge in [0.15, 0.2) is 0 Å². The Morgan fingerprint density at radius 3 is 2.82 bits per heavy atom. The summed E-state index contributed by atoms with van der Waals surface area (Å²) in [4.78, 5) is 12.1. The van der Waals surface area contributed by atoms with E-state index in [1.165, 1.54) is 0 Å². The predicted octanol–water partition coefficient (Wildman–Crippen LogP) is 1.31. The minimum atomic E-state index is -0.168. The number of hydrogen-bond acceptors (Lipinski definition) is 3. The molecule has 0 spiro atoms. The number of carbonyl (C=O) groups excluding carboxylic acids is 1. The van der Waals surface area contributed by atoms with Crippen LogP contribution in [-0.4, -0.2) is 38.3 Å². The molecule has 1 heterocycles. The van der Waals surface area contributed by atoms with Crippen LogP contribution >= 0.6 is 0 Å². The van der Waals surface area contributed by atoms with Crippen LogP contribution in [0.1, 0.15) is 40.0 Å². The Bertz CT molecular complexity index is 236. The first-order chi connectivity index (χ1) is 8.10. The zero-order valence-corrected chi connectivity index (χ0v) is 11.3. The lowest BCUT2D eigenvalue weighted by molar-refractivity contribution is -0.130. The maximum Gasteiger partial charge on any atom is 0.227 e. The second-order valence-electron chi connectivity index (χ2n) is 5.09. The van der Waals surface area contributed by atoms with Crippen molar-refractivity contribution in [3.8, 4) is 0 Å². The van der Waals surface area contributed by atoms with Gasteiger partial charge in [0.2, 0.25) is 5.91 Å². The van der Waals surface area contributed by atoms with E-state index in [-0.39, 0.29) is 17.4 Å². The molecule has 2 N–H and O–H groups in total. The summed E-state index contributed by atoms with van der Waals surface area (Å²) < 4.78 is 5.44. The highest BCUT2D eigenvalue weighted by molar-refractivity contribution is 5.83. The Morgan fingerprint density at radius 2 is 2.29 bits per heavy atom. The molecule has 0 aromatic carbocycles. The molecule has 1 atom stereocenters. The van der Waals surface area contributed by atoms with Crippen LogP contribution in [0.4, 0.5) is 0 Å².